The Morgan fingerprint density at radius 3 is 2.48 bits per heavy atom. The molecule has 0 aliphatic carbocycles. The van der Waals surface area contributed by atoms with Gasteiger partial charge in [0.25, 0.3) is 0 Å². The first kappa shape index (κ1) is 18.0. The smallest absolute Gasteiger partial charge is 0.313 e. The summed E-state index contributed by atoms with van der Waals surface area (Å²) in [5.74, 6) is -0.997. The van der Waals surface area contributed by atoms with Crippen molar-refractivity contribution >= 4 is 51.0 Å². The molecule has 120 valence electrons. The van der Waals surface area contributed by atoms with Crippen molar-refractivity contribution in [1.82, 2.24) is 0 Å². The van der Waals surface area contributed by atoms with E-state index in [9.17, 15) is 9.59 Å². The molecule has 0 aliphatic heterocycles. The SMILES string of the molecule is O=C(O)CSC(CC(=O)c1ccc(Br)cc1)c1cccc(Cl)c1. The van der Waals surface area contributed by atoms with E-state index in [-0.39, 0.29) is 23.2 Å². The van der Waals surface area contributed by atoms with Crippen molar-refractivity contribution in [3.63, 3.8) is 0 Å². The van der Waals surface area contributed by atoms with E-state index in [1.165, 1.54) is 11.8 Å². The summed E-state index contributed by atoms with van der Waals surface area (Å²) in [4.78, 5) is 23.3. The fraction of sp³-hybridized carbons (Fsp3) is 0.176. The highest BCUT2D eigenvalue weighted by Crippen LogP contribution is 2.34. The van der Waals surface area contributed by atoms with E-state index in [1.807, 2.05) is 18.2 Å². The fourth-order valence-electron chi connectivity index (χ4n) is 2.07. The molecule has 6 heteroatoms. The molecule has 0 radical (unpaired) electrons. The molecule has 1 N–H and O–H groups in total. The van der Waals surface area contributed by atoms with Crippen molar-refractivity contribution in [3.05, 3.63) is 69.2 Å². The third-order valence-corrected chi connectivity index (χ3v) is 5.18. The van der Waals surface area contributed by atoms with Gasteiger partial charge in [-0.15, -0.1) is 11.8 Å². The number of rotatable bonds is 7. The maximum atomic E-state index is 12.5. The molecule has 0 saturated carbocycles. The number of halogens is 2. The summed E-state index contributed by atoms with van der Waals surface area (Å²) >= 11 is 10.6. The zero-order valence-corrected chi connectivity index (χ0v) is 15.2. The van der Waals surface area contributed by atoms with Gasteiger partial charge < -0.3 is 5.11 Å². The minimum atomic E-state index is -0.905. The zero-order valence-electron chi connectivity index (χ0n) is 12.0. The predicted molar refractivity (Wildman–Crippen MR) is 97.4 cm³/mol. The highest BCUT2D eigenvalue weighted by atomic mass is 79.9. The van der Waals surface area contributed by atoms with Crippen LogP contribution in [0.15, 0.2) is 53.0 Å². The molecule has 3 nitrogen and oxygen atoms in total. The first-order valence-corrected chi connectivity index (χ1v) is 9.05. The highest BCUT2D eigenvalue weighted by molar-refractivity contribution is 9.10. The summed E-state index contributed by atoms with van der Waals surface area (Å²) in [7, 11) is 0. The maximum Gasteiger partial charge on any atom is 0.313 e. The zero-order chi connectivity index (χ0) is 16.8. The molecule has 1 atom stereocenters. The van der Waals surface area contributed by atoms with E-state index in [2.05, 4.69) is 15.9 Å². The average Bonchev–Trinajstić information content (AvgIpc) is 2.51. The Balaban J connectivity index is 2.18. The lowest BCUT2D eigenvalue weighted by Crippen LogP contribution is -2.08. The normalized spacial score (nSPS) is 11.9. The fourth-order valence-corrected chi connectivity index (χ4v) is 3.49. The highest BCUT2D eigenvalue weighted by Gasteiger charge is 2.19. The Morgan fingerprint density at radius 1 is 1.17 bits per heavy atom. The average molecular weight is 414 g/mol. The van der Waals surface area contributed by atoms with Crippen molar-refractivity contribution in [3.8, 4) is 0 Å². The van der Waals surface area contributed by atoms with Crippen molar-refractivity contribution < 1.29 is 14.7 Å². The quantitative estimate of drug-likeness (QED) is 0.631. The molecule has 0 saturated heterocycles. The van der Waals surface area contributed by atoms with Gasteiger partial charge in [0.15, 0.2) is 5.78 Å². The Hall–Kier alpha value is -1.30. The van der Waals surface area contributed by atoms with Gasteiger partial charge in [0.1, 0.15) is 0 Å². The number of aliphatic carboxylic acids is 1. The van der Waals surface area contributed by atoms with Gasteiger partial charge in [-0.05, 0) is 29.8 Å². The van der Waals surface area contributed by atoms with Crippen molar-refractivity contribution in [2.45, 2.75) is 11.7 Å². The van der Waals surface area contributed by atoms with Gasteiger partial charge in [0.2, 0.25) is 0 Å². The molecule has 0 aliphatic rings. The molecular weight excluding hydrogens is 400 g/mol. The van der Waals surface area contributed by atoms with Gasteiger partial charge in [-0.3, -0.25) is 9.59 Å². The summed E-state index contributed by atoms with van der Waals surface area (Å²) < 4.78 is 0.903. The monoisotopic (exact) mass is 412 g/mol. The van der Waals surface area contributed by atoms with Gasteiger partial charge in [0, 0.05) is 26.7 Å². The van der Waals surface area contributed by atoms with Crippen LogP contribution in [0, 0.1) is 0 Å². The minimum Gasteiger partial charge on any atom is -0.481 e. The predicted octanol–water partition coefficient (Wildman–Crippen LogP) is 5.23. The lowest BCUT2D eigenvalue weighted by molar-refractivity contribution is -0.133. The van der Waals surface area contributed by atoms with E-state index in [1.54, 1.807) is 30.3 Å². The van der Waals surface area contributed by atoms with Crippen molar-refractivity contribution in [2.24, 2.45) is 0 Å². The number of ketones is 1. The number of carbonyl (C=O) groups is 2. The number of carbonyl (C=O) groups excluding carboxylic acids is 1. The summed E-state index contributed by atoms with van der Waals surface area (Å²) in [6.45, 7) is 0. The molecule has 0 amide bonds. The lowest BCUT2D eigenvalue weighted by Gasteiger charge is -2.16. The Bertz CT molecular complexity index is 703. The largest absolute Gasteiger partial charge is 0.481 e. The van der Waals surface area contributed by atoms with Crippen LogP contribution in [0.25, 0.3) is 0 Å². The molecule has 1 unspecified atom stereocenters. The molecule has 2 aromatic rings. The summed E-state index contributed by atoms with van der Waals surface area (Å²) in [5, 5.41) is 9.23. The first-order chi connectivity index (χ1) is 11.0. The van der Waals surface area contributed by atoms with Crippen LogP contribution in [0.2, 0.25) is 5.02 Å². The summed E-state index contributed by atoms with van der Waals surface area (Å²) in [6.07, 6.45) is 0.222. The molecule has 2 aromatic carbocycles. The third-order valence-electron chi connectivity index (χ3n) is 3.17. The second kappa shape index (κ2) is 8.52. The van der Waals surface area contributed by atoms with Crippen LogP contribution in [0.1, 0.15) is 27.6 Å². The molecule has 0 heterocycles. The van der Waals surface area contributed by atoms with Crippen LogP contribution < -0.4 is 0 Å². The number of thioether (sulfide) groups is 1. The van der Waals surface area contributed by atoms with Crippen molar-refractivity contribution in [2.75, 3.05) is 5.75 Å². The van der Waals surface area contributed by atoms with Crippen molar-refractivity contribution in [1.29, 1.82) is 0 Å². The van der Waals surface area contributed by atoms with E-state index < -0.39 is 5.97 Å². The van der Waals surface area contributed by atoms with E-state index in [0.717, 1.165) is 10.0 Å². The van der Waals surface area contributed by atoms with Crippen LogP contribution in [0.3, 0.4) is 0 Å². The van der Waals surface area contributed by atoms with E-state index >= 15 is 0 Å². The van der Waals surface area contributed by atoms with E-state index in [4.69, 9.17) is 16.7 Å². The van der Waals surface area contributed by atoms with Crippen LogP contribution in [-0.2, 0) is 4.79 Å². The van der Waals surface area contributed by atoms with Crippen LogP contribution >= 0.6 is 39.3 Å². The summed E-state index contributed by atoms with van der Waals surface area (Å²) in [5.41, 5.74) is 1.46. The number of benzene rings is 2. The van der Waals surface area contributed by atoms with Gasteiger partial charge in [0.05, 0.1) is 5.75 Å². The van der Waals surface area contributed by atoms with Crippen LogP contribution in [0.5, 0.6) is 0 Å². The van der Waals surface area contributed by atoms with Gasteiger partial charge >= 0.3 is 5.97 Å². The number of Topliss-reactive ketones (excluding diaryl/α,β-unsaturated/α-hetero) is 1. The third kappa shape index (κ3) is 5.68. The van der Waals surface area contributed by atoms with Crippen LogP contribution in [-0.4, -0.2) is 22.6 Å². The second-order valence-corrected chi connectivity index (χ2v) is 7.43. The Labute approximate surface area is 152 Å². The molecule has 0 aromatic heterocycles. The molecule has 0 spiro atoms. The molecule has 2 rings (SSSR count). The lowest BCUT2D eigenvalue weighted by atomic mass is 10.0. The molecule has 0 fully saturated rings. The second-order valence-electron chi connectivity index (χ2n) is 4.88. The van der Waals surface area contributed by atoms with Gasteiger partial charge in [-0.2, -0.15) is 0 Å². The number of carboxylic acid groups (broad SMARTS) is 1. The number of carboxylic acids is 1. The summed E-state index contributed by atoms with van der Waals surface area (Å²) in [6, 6.07) is 14.3. The Kier molecular flexibility index (Phi) is 6.69. The molecule has 23 heavy (non-hydrogen) atoms. The maximum absolute atomic E-state index is 12.5. The topological polar surface area (TPSA) is 54.4 Å². The van der Waals surface area contributed by atoms with E-state index in [0.29, 0.717) is 10.6 Å². The first-order valence-electron chi connectivity index (χ1n) is 6.83. The minimum absolute atomic E-state index is 0.0274. The molecular formula is C17H14BrClO3S. The van der Waals surface area contributed by atoms with Gasteiger partial charge in [-0.25, -0.2) is 0 Å². The standard InChI is InChI=1S/C17H14BrClO3S/c18-13-6-4-11(5-7-13)15(20)9-16(23-10-17(21)22)12-2-1-3-14(19)8-12/h1-8,16H,9-10H2,(H,21,22). The number of hydrogen-bond donors (Lipinski definition) is 1. The van der Waals surface area contributed by atoms with Crippen LogP contribution in [0.4, 0.5) is 0 Å². The molecule has 0 bridgehead atoms. The number of hydrogen-bond acceptors (Lipinski definition) is 3. The Morgan fingerprint density at radius 2 is 1.87 bits per heavy atom. The van der Waals surface area contributed by atoms with Gasteiger partial charge in [-0.1, -0.05) is 51.8 Å².